The summed E-state index contributed by atoms with van der Waals surface area (Å²) in [5.41, 5.74) is 8.35. The van der Waals surface area contributed by atoms with Crippen molar-refractivity contribution in [3.8, 4) is 0 Å². The Bertz CT molecular complexity index is 402. The maximum atomic E-state index is 10.7. The molecule has 16 heavy (non-hydrogen) atoms. The lowest BCUT2D eigenvalue weighted by atomic mass is 10.2. The molecule has 0 aromatic carbocycles. The smallest absolute Gasteiger partial charge is 0.185 e. The van der Waals surface area contributed by atoms with Gasteiger partial charge in [-0.2, -0.15) is 0 Å². The van der Waals surface area contributed by atoms with Crippen LogP contribution in [0.2, 0.25) is 0 Å². The summed E-state index contributed by atoms with van der Waals surface area (Å²) in [6, 6.07) is 1.90. The van der Waals surface area contributed by atoms with E-state index in [1.807, 2.05) is 25.1 Å². The van der Waals surface area contributed by atoms with Gasteiger partial charge in [0.1, 0.15) is 0 Å². The van der Waals surface area contributed by atoms with Crippen LogP contribution in [0.5, 0.6) is 0 Å². The summed E-state index contributed by atoms with van der Waals surface area (Å²) in [6.07, 6.45) is 6.53. The summed E-state index contributed by atoms with van der Waals surface area (Å²) >= 11 is 1.33. The van der Waals surface area contributed by atoms with Crippen molar-refractivity contribution in [2.45, 2.75) is 20.3 Å². The van der Waals surface area contributed by atoms with Crippen LogP contribution in [-0.4, -0.2) is 15.9 Å². The molecule has 0 fully saturated rings. The van der Waals surface area contributed by atoms with Gasteiger partial charge >= 0.3 is 0 Å². The van der Waals surface area contributed by atoms with Gasteiger partial charge in [-0.05, 0) is 31.1 Å². The van der Waals surface area contributed by atoms with Crippen LogP contribution in [0.15, 0.2) is 18.3 Å². The fourth-order valence-electron chi connectivity index (χ4n) is 1.21. The molecule has 0 unspecified atom stereocenters. The fraction of sp³-hybridized carbons (Fsp3) is 0.333. The van der Waals surface area contributed by atoms with Gasteiger partial charge in [0.15, 0.2) is 5.12 Å². The highest BCUT2D eigenvalue weighted by molar-refractivity contribution is 8.13. The number of nitrogens with two attached hydrogens (primary N) is 1. The predicted octanol–water partition coefficient (Wildman–Crippen LogP) is 2.66. The summed E-state index contributed by atoms with van der Waals surface area (Å²) in [4.78, 5) is 14.9. The van der Waals surface area contributed by atoms with E-state index in [0.717, 1.165) is 23.4 Å². The molecule has 3 nitrogen and oxygen atoms in total. The molecule has 0 bridgehead atoms. The third-order valence-electron chi connectivity index (χ3n) is 1.95. The van der Waals surface area contributed by atoms with Gasteiger partial charge in [0.25, 0.3) is 0 Å². The van der Waals surface area contributed by atoms with E-state index in [0.29, 0.717) is 5.69 Å². The molecule has 1 aromatic heterocycles. The Kier molecular flexibility index (Phi) is 5.05. The van der Waals surface area contributed by atoms with Crippen LogP contribution in [0.1, 0.15) is 24.6 Å². The van der Waals surface area contributed by atoms with Crippen molar-refractivity contribution in [3.05, 3.63) is 29.6 Å². The summed E-state index contributed by atoms with van der Waals surface area (Å²) in [6.45, 7) is 3.54. The van der Waals surface area contributed by atoms with E-state index in [2.05, 4.69) is 4.98 Å². The molecule has 1 rings (SSSR count). The Morgan fingerprint density at radius 1 is 1.62 bits per heavy atom. The van der Waals surface area contributed by atoms with Gasteiger partial charge in [-0.25, -0.2) is 0 Å². The monoisotopic (exact) mass is 236 g/mol. The number of aryl methyl sites for hydroxylation is 1. The van der Waals surface area contributed by atoms with Crippen LogP contribution in [0, 0.1) is 6.92 Å². The van der Waals surface area contributed by atoms with E-state index < -0.39 is 0 Å². The molecule has 0 radical (unpaired) electrons. The Morgan fingerprint density at radius 2 is 2.38 bits per heavy atom. The van der Waals surface area contributed by atoms with Crippen LogP contribution in [0.4, 0.5) is 5.69 Å². The second-order valence-electron chi connectivity index (χ2n) is 3.52. The van der Waals surface area contributed by atoms with Crippen LogP contribution in [0.3, 0.4) is 0 Å². The van der Waals surface area contributed by atoms with Crippen molar-refractivity contribution in [2.24, 2.45) is 0 Å². The molecule has 0 aliphatic carbocycles. The second kappa shape index (κ2) is 6.33. The maximum absolute atomic E-state index is 10.7. The fourth-order valence-corrected chi connectivity index (χ4v) is 1.75. The Hall–Kier alpha value is -1.29. The molecule has 1 heterocycles. The van der Waals surface area contributed by atoms with Crippen molar-refractivity contribution in [2.75, 3.05) is 11.5 Å². The highest BCUT2D eigenvalue weighted by atomic mass is 32.2. The van der Waals surface area contributed by atoms with Gasteiger partial charge < -0.3 is 5.73 Å². The summed E-state index contributed by atoms with van der Waals surface area (Å²) < 4.78 is 0. The van der Waals surface area contributed by atoms with Gasteiger partial charge in [0.05, 0.1) is 11.4 Å². The second-order valence-corrected chi connectivity index (χ2v) is 4.79. The number of hydrogen-bond acceptors (Lipinski definition) is 4. The molecule has 86 valence electrons. The normalized spacial score (nSPS) is 10.9. The SMILES string of the molecule is CC(=O)SCCC=Cc1ncc(C)cc1N. The minimum absolute atomic E-state index is 0.154. The standard InChI is InChI=1S/C12H16N2OS/c1-9-7-11(13)12(14-8-9)5-3-4-6-16-10(2)15/h3,5,7-8H,4,6,13H2,1-2H3. The number of hydrogen-bond donors (Lipinski definition) is 1. The van der Waals surface area contributed by atoms with E-state index >= 15 is 0 Å². The lowest BCUT2D eigenvalue weighted by Gasteiger charge is -2.00. The number of pyridine rings is 1. The van der Waals surface area contributed by atoms with Crippen LogP contribution in [-0.2, 0) is 4.79 Å². The van der Waals surface area contributed by atoms with Gasteiger partial charge in [-0.1, -0.05) is 17.8 Å². The molecule has 0 spiro atoms. The van der Waals surface area contributed by atoms with Gasteiger partial charge in [-0.15, -0.1) is 0 Å². The molecule has 2 N–H and O–H groups in total. The van der Waals surface area contributed by atoms with Gasteiger partial charge in [0, 0.05) is 18.9 Å². The van der Waals surface area contributed by atoms with E-state index in [1.54, 1.807) is 13.1 Å². The Morgan fingerprint density at radius 3 is 3.00 bits per heavy atom. The number of aromatic nitrogens is 1. The van der Waals surface area contributed by atoms with E-state index in [-0.39, 0.29) is 5.12 Å². The molecule has 0 saturated carbocycles. The Labute approximate surface area is 100 Å². The molecule has 0 saturated heterocycles. The van der Waals surface area contributed by atoms with E-state index in [1.165, 1.54) is 11.8 Å². The number of carbonyl (C=O) groups is 1. The first-order valence-corrected chi connectivity index (χ1v) is 6.10. The number of thioether (sulfide) groups is 1. The molecule has 0 atom stereocenters. The van der Waals surface area contributed by atoms with Gasteiger partial charge in [0.2, 0.25) is 0 Å². The average Bonchev–Trinajstić information content (AvgIpc) is 2.20. The van der Waals surface area contributed by atoms with Crippen molar-refractivity contribution in [3.63, 3.8) is 0 Å². The first kappa shape index (κ1) is 12.8. The van der Waals surface area contributed by atoms with Crippen molar-refractivity contribution in [1.29, 1.82) is 0 Å². The zero-order valence-corrected chi connectivity index (χ0v) is 10.4. The van der Waals surface area contributed by atoms with Crippen molar-refractivity contribution < 1.29 is 4.79 Å². The molecule has 4 heteroatoms. The number of allylic oxidation sites excluding steroid dienone is 1. The zero-order chi connectivity index (χ0) is 12.0. The van der Waals surface area contributed by atoms with Crippen LogP contribution < -0.4 is 5.73 Å². The summed E-state index contributed by atoms with van der Waals surface area (Å²) in [5, 5.41) is 0.154. The zero-order valence-electron chi connectivity index (χ0n) is 9.56. The number of carbonyl (C=O) groups excluding carboxylic acids is 1. The lowest BCUT2D eigenvalue weighted by molar-refractivity contribution is -0.109. The molecular weight excluding hydrogens is 220 g/mol. The molecule has 0 aliphatic rings. The van der Waals surface area contributed by atoms with Crippen molar-refractivity contribution in [1.82, 2.24) is 4.98 Å². The number of anilines is 1. The molecule has 1 aromatic rings. The largest absolute Gasteiger partial charge is 0.397 e. The Balaban J connectivity index is 2.47. The number of rotatable bonds is 4. The first-order valence-electron chi connectivity index (χ1n) is 5.11. The third kappa shape index (κ3) is 4.49. The maximum Gasteiger partial charge on any atom is 0.185 e. The molecule has 0 aliphatic heterocycles. The van der Waals surface area contributed by atoms with Crippen LogP contribution in [0.25, 0.3) is 6.08 Å². The minimum Gasteiger partial charge on any atom is -0.397 e. The highest BCUT2D eigenvalue weighted by Gasteiger charge is 1.96. The third-order valence-corrected chi connectivity index (χ3v) is 2.80. The first-order chi connectivity index (χ1) is 7.59. The summed E-state index contributed by atoms with van der Waals surface area (Å²) in [5.74, 6) is 0.803. The number of nitrogens with zero attached hydrogens (tertiary/aromatic N) is 1. The van der Waals surface area contributed by atoms with Gasteiger partial charge in [-0.3, -0.25) is 9.78 Å². The topological polar surface area (TPSA) is 56.0 Å². The average molecular weight is 236 g/mol. The quantitative estimate of drug-likeness (QED) is 0.816. The number of nitrogen functional groups attached to an aromatic ring is 1. The minimum atomic E-state index is 0.154. The predicted molar refractivity (Wildman–Crippen MR) is 70.2 cm³/mol. The van der Waals surface area contributed by atoms with E-state index in [4.69, 9.17) is 5.73 Å². The summed E-state index contributed by atoms with van der Waals surface area (Å²) in [7, 11) is 0. The van der Waals surface area contributed by atoms with E-state index in [9.17, 15) is 4.79 Å². The lowest BCUT2D eigenvalue weighted by Crippen LogP contribution is -1.93. The van der Waals surface area contributed by atoms with Crippen LogP contribution >= 0.6 is 11.8 Å². The highest BCUT2D eigenvalue weighted by Crippen LogP contribution is 2.12. The molecule has 0 amide bonds. The van der Waals surface area contributed by atoms with Crippen molar-refractivity contribution >= 4 is 28.6 Å². The molecular formula is C12H16N2OS.